The van der Waals surface area contributed by atoms with Crippen LogP contribution in [0.15, 0.2) is 18.3 Å². The van der Waals surface area contributed by atoms with E-state index >= 15 is 0 Å². The molecule has 5 N–H and O–H groups in total. The molecule has 1 amide bonds. The Morgan fingerprint density at radius 2 is 1.89 bits per heavy atom. The van der Waals surface area contributed by atoms with Crippen LogP contribution < -0.4 is 16.4 Å². The third kappa shape index (κ3) is 4.69. The lowest BCUT2D eigenvalue weighted by Crippen LogP contribution is -2.38. The summed E-state index contributed by atoms with van der Waals surface area (Å²) in [4.78, 5) is 25.6. The maximum Gasteiger partial charge on any atom is 0.224 e. The van der Waals surface area contributed by atoms with Gasteiger partial charge < -0.3 is 21.5 Å². The number of aliphatic hydroxyl groups is 1. The predicted octanol–water partition coefficient (Wildman–Crippen LogP) is 4.43. The molecule has 2 atom stereocenters. The van der Waals surface area contributed by atoms with E-state index in [0.29, 0.717) is 55.6 Å². The number of amides is 1. The zero-order valence-corrected chi connectivity index (χ0v) is 20.5. The van der Waals surface area contributed by atoms with Crippen molar-refractivity contribution in [2.24, 2.45) is 11.1 Å². The SMILES string of the molecule is C[C@]1(C(N)=O)CC[C@H](n2c(Nc3c(F)cc(Cl)cc3F)nc3cnc(N[C@@H]4CC[C@@H](O)C4)nc32)CC1. The number of nitrogens with zero attached hydrogens (tertiary/aromatic N) is 4. The standard InChI is InChI=1S/C24H28ClF2N7O2/c1-24(21(28)36)6-4-14(5-7-24)34-20-18(11-29-22(33-20)30-13-2-3-15(35)10-13)31-23(34)32-19-16(26)8-12(25)9-17(19)27/h8-9,11,13-15,35H,2-7,10H2,1H3,(H2,28,36)(H,31,32)(H,29,30,33)/t13-,14-,15-,24-/m1/s1. The Balaban J connectivity index is 1.53. The van der Waals surface area contributed by atoms with Gasteiger partial charge in [-0.1, -0.05) is 18.5 Å². The van der Waals surface area contributed by atoms with Crippen molar-refractivity contribution in [2.45, 2.75) is 70.1 Å². The van der Waals surface area contributed by atoms with Crippen molar-refractivity contribution in [3.05, 3.63) is 35.0 Å². The molecule has 2 aliphatic rings. The number of fused-ring (bicyclic) bond motifs is 1. The van der Waals surface area contributed by atoms with Gasteiger partial charge in [-0.3, -0.25) is 9.36 Å². The lowest BCUT2D eigenvalue weighted by molar-refractivity contribution is -0.128. The van der Waals surface area contributed by atoms with Crippen LogP contribution >= 0.6 is 11.6 Å². The summed E-state index contributed by atoms with van der Waals surface area (Å²) < 4.78 is 31.0. The van der Waals surface area contributed by atoms with E-state index in [1.54, 1.807) is 6.20 Å². The molecule has 0 aliphatic heterocycles. The molecular formula is C24H28ClF2N7O2. The molecule has 2 fully saturated rings. The molecule has 0 spiro atoms. The number of halogens is 3. The Labute approximate surface area is 211 Å². The number of rotatable bonds is 6. The summed E-state index contributed by atoms with van der Waals surface area (Å²) >= 11 is 5.78. The number of nitrogens with two attached hydrogens (primary N) is 1. The number of hydrogen-bond donors (Lipinski definition) is 4. The van der Waals surface area contributed by atoms with Crippen LogP contribution in [0.2, 0.25) is 5.02 Å². The number of carbonyl (C=O) groups excluding carboxylic acids is 1. The van der Waals surface area contributed by atoms with Crippen LogP contribution in [0.4, 0.5) is 26.4 Å². The highest BCUT2D eigenvalue weighted by molar-refractivity contribution is 6.30. The van der Waals surface area contributed by atoms with Gasteiger partial charge in [0.05, 0.1) is 12.3 Å². The largest absolute Gasteiger partial charge is 0.393 e. The molecule has 5 rings (SSSR count). The molecule has 36 heavy (non-hydrogen) atoms. The minimum Gasteiger partial charge on any atom is -0.393 e. The Hall–Kier alpha value is -3.05. The van der Waals surface area contributed by atoms with Crippen LogP contribution in [-0.2, 0) is 4.79 Å². The first-order chi connectivity index (χ1) is 17.1. The number of anilines is 3. The molecular weight excluding hydrogens is 492 g/mol. The molecule has 1 aromatic carbocycles. The maximum absolute atomic E-state index is 14.6. The number of nitrogens with one attached hydrogen (secondary N) is 2. The quantitative estimate of drug-likeness (QED) is 0.379. The molecule has 0 radical (unpaired) electrons. The number of primary amides is 1. The lowest BCUT2D eigenvalue weighted by Gasteiger charge is -2.35. The van der Waals surface area contributed by atoms with Gasteiger partial charge in [0.2, 0.25) is 17.8 Å². The van der Waals surface area contributed by atoms with Crippen molar-refractivity contribution < 1.29 is 18.7 Å². The Morgan fingerprint density at radius 1 is 1.19 bits per heavy atom. The monoisotopic (exact) mass is 519 g/mol. The highest BCUT2D eigenvalue weighted by atomic mass is 35.5. The molecule has 2 aliphatic carbocycles. The molecule has 2 saturated carbocycles. The Bertz CT molecular complexity index is 1290. The maximum atomic E-state index is 14.6. The number of carbonyl (C=O) groups is 1. The van der Waals surface area contributed by atoms with Crippen molar-refractivity contribution >= 4 is 46.3 Å². The highest BCUT2D eigenvalue weighted by Crippen LogP contribution is 2.43. The number of benzene rings is 1. The van der Waals surface area contributed by atoms with Gasteiger partial charge in [0.1, 0.15) is 11.2 Å². The van der Waals surface area contributed by atoms with E-state index in [4.69, 9.17) is 17.3 Å². The van der Waals surface area contributed by atoms with Crippen LogP contribution in [0.5, 0.6) is 0 Å². The van der Waals surface area contributed by atoms with Gasteiger partial charge in [0, 0.05) is 22.5 Å². The number of imidazole rings is 1. The molecule has 9 nitrogen and oxygen atoms in total. The van der Waals surface area contributed by atoms with E-state index in [9.17, 15) is 18.7 Å². The Kier molecular flexibility index (Phi) is 6.46. The first-order valence-electron chi connectivity index (χ1n) is 12.0. The topological polar surface area (TPSA) is 131 Å². The fraction of sp³-hybridized carbons (Fsp3) is 0.500. The van der Waals surface area contributed by atoms with Crippen molar-refractivity contribution in [3.8, 4) is 0 Å². The van der Waals surface area contributed by atoms with E-state index in [-0.39, 0.29) is 40.8 Å². The summed E-state index contributed by atoms with van der Waals surface area (Å²) in [6.45, 7) is 1.86. The van der Waals surface area contributed by atoms with Gasteiger partial charge >= 0.3 is 0 Å². The van der Waals surface area contributed by atoms with E-state index < -0.39 is 17.0 Å². The van der Waals surface area contributed by atoms with E-state index in [1.165, 1.54) is 0 Å². The van der Waals surface area contributed by atoms with Gasteiger partial charge in [-0.05, 0) is 57.1 Å². The smallest absolute Gasteiger partial charge is 0.224 e. The third-order valence-electron chi connectivity index (χ3n) is 7.43. The summed E-state index contributed by atoms with van der Waals surface area (Å²) in [6, 6.07) is 1.96. The van der Waals surface area contributed by atoms with Crippen LogP contribution in [0, 0.1) is 17.0 Å². The van der Waals surface area contributed by atoms with Crippen LogP contribution in [-0.4, -0.2) is 42.7 Å². The molecule has 0 saturated heterocycles. The van der Waals surface area contributed by atoms with Gasteiger partial charge in [-0.25, -0.2) is 18.7 Å². The lowest BCUT2D eigenvalue weighted by atomic mass is 9.73. The van der Waals surface area contributed by atoms with Crippen LogP contribution in [0.25, 0.3) is 11.2 Å². The molecule has 2 heterocycles. The predicted molar refractivity (Wildman–Crippen MR) is 132 cm³/mol. The molecule has 0 bridgehead atoms. The fourth-order valence-corrected chi connectivity index (χ4v) is 5.38. The van der Waals surface area contributed by atoms with Crippen molar-refractivity contribution in [2.75, 3.05) is 10.6 Å². The second-order valence-corrected chi connectivity index (χ2v) is 10.5. The van der Waals surface area contributed by atoms with E-state index in [1.807, 2.05) is 11.5 Å². The average Bonchev–Trinajstić information content (AvgIpc) is 3.39. The zero-order valence-electron chi connectivity index (χ0n) is 19.8. The summed E-state index contributed by atoms with van der Waals surface area (Å²) in [5.74, 6) is -1.45. The van der Waals surface area contributed by atoms with Gasteiger partial charge in [0.15, 0.2) is 17.3 Å². The minimum absolute atomic E-state index is 0.0506. The summed E-state index contributed by atoms with van der Waals surface area (Å²) in [5, 5.41) is 15.9. The van der Waals surface area contributed by atoms with Gasteiger partial charge in [-0.15, -0.1) is 0 Å². The fourth-order valence-electron chi connectivity index (χ4n) is 5.18. The summed E-state index contributed by atoms with van der Waals surface area (Å²) in [5.41, 5.74) is 5.59. The Morgan fingerprint density at radius 3 is 2.50 bits per heavy atom. The number of aliphatic hydroxyl groups excluding tert-OH is 1. The first kappa shape index (κ1) is 24.6. The molecule has 0 unspecified atom stereocenters. The van der Waals surface area contributed by atoms with Crippen LogP contribution in [0.1, 0.15) is 57.9 Å². The van der Waals surface area contributed by atoms with Gasteiger partial charge in [0.25, 0.3) is 0 Å². The van der Waals surface area contributed by atoms with E-state index in [2.05, 4.69) is 25.6 Å². The highest BCUT2D eigenvalue weighted by Gasteiger charge is 2.38. The van der Waals surface area contributed by atoms with Crippen molar-refractivity contribution in [3.63, 3.8) is 0 Å². The average molecular weight is 520 g/mol. The summed E-state index contributed by atoms with van der Waals surface area (Å²) in [7, 11) is 0. The van der Waals surface area contributed by atoms with Gasteiger partial charge in [-0.2, -0.15) is 4.98 Å². The number of hydrogen-bond acceptors (Lipinski definition) is 7. The summed E-state index contributed by atoms with van der Waals surface area (Å²) in [6.07, 6.45) is 5.67. The molecule has 2 aromatic heterocycles. The molecule has 12 heteroatoms. The zero-order chi connectivity index (χ0) is 25.6. The van der Waals surface area contributed by atoms with E-state index in [0.717, 1.165) is 18.6 Å². The number of aromatic nitrogens is 4. The second kappa shape index (κ2) is 9.44. The second-order valence-electron chi connectivity index (χ2n) is 10.0. The first-order valence-corrected chi connectivity index (χ1v) is 12.4. The third-order valence-corrected chi connectivity index (χ3v) is 7.65. The van der Waals surface area contributed by atoms with Crippen LogP contribution in [0.3, 0.4) is 0 Å². The van der Waals surface area contributed by atoms with Crippen molar-refractivity contribution in [1.29, 1.82) is 0 Å². The molecule has 3 aromatic rings. The van der Waals surface area contributed by atoms with Crippen molar-refractivity contribution in [1.82, 2.24) is 19.5 Å². The molecule has 192 valence electrons. The minimum atomic E-state index is -0.850. The normalized spacial score (nSPS) is 26.3.